The van der Waals surface area contributed by atoms with Crippen LogP contribution in [0.1, 0.15) is 11.1 Å². The highest BCUT2D eigenvalue weighted by atomic mass is 14.4. The van der Waals surface area contributed by atoms with E-state index in [0.717, 1.165) is 16.7 Å². The van der Waals surface area contributed by atoms with Crippen LogP contribution in [0.4, 0.5) is 0 Å². The van der Waals surface area contributed by atoms with E-state index in [1.165, 1.54) is 0 Å². The minimum absolute atomic E-state index is 0.479. The minimum Gasteiger partial charge on any atom is -0.300 e. The molecule has 2 aromatic carbocycles. The van der Waals surface area contributed by atoms with Crippen LogP contribution in [-0.4, -0.2) is 5.71 Å². The first kappa shape index (κ1) is 10.4. The Morgan fingerprint density at radius 1 is 0.750 bits per heavy atom. The average Bonchev–Trinajstić information content (AvgIpc) is 2.39. The van der Waals surface area contributed by atoms with Gasteiger partial charge in [0.05, 0.1) is 5.71 Å². The number of hydrogen-bond acceptors (Lipinski definition) is 1. The molecular formula is C15H13N. The predicted octanol–water partition coefficient (Wildman–Crippen LogP) is 3.77. The lowest BCUT2D eigenvalue weighted by molar-refractivity contribution is 1.49. The minimum atomic E-state index is 0.479. The highest BCUT2D eigenvalue weighted by molar-refractivity contribution is 6.29. The zero-order chi connectivity index (χ0) is 11.4. The van der Waals surface area contributed by atoms with E-state index >= 15 is 0 Å². The molecule has 0 saturated carbocycles. The van der Waals surface area contributed by atoms with Crippen LogP contribution in [0.25, 0.3) is 5.57 Å². The monoisotopic (exact) mass is 207 g/mol. The van der Waals surface area contributed by atoms with Crippen molar-refractivity contribution >= 4 is 11.3 Å². The predicted molar refractivity (Wildman–Crippen MR) is 68.7 cm³/mol. The lowest BCUT2D eigenvalue weighted by Gasteiger charge is -2.07. The van der Waals surface area contributed by atoms with Gasteiger partial charge in [0, 0.05) is 5.57 Å². The van der Waals surface area contributed by atoms with Gasteiger partial charge in [-0.2, -0.15) is 0 Å². The molecule has 16 heavy (non-hydrogen) atoms. The van der Waals surface area contributed by atoms with Crippen molar-refractivity contribution in [3.8, 4) is 0 Å². The highest BCUT2D eigenvalue weighted by Crippen LogP contribution is 2.17. The molecule has 2 rings (SSSR count). The lowest BCUT2D eigenvalue weighted by atomic mass is 9.98. The number of benzene rings is 2. The lowest BCUT2D eigenvalue weighted by Crippen LogP contribution is -2.01. The van der Waals surface area contributed by atoms with E-state index in [1.807, 2.05) is 60.7 Å². The van der Waals surface area contributed by atoms with Crippen LogP contribution in [0, 0.1) is 5.41 Å². The largest absolute Gasteiger partial charge is 0.300 e. The van der Waals surface area contributed by atoms with Crippen LogP contribution in [0.15, 0.2) is 67.2 Å². The van der Waals surface area contributed by atoms with Crippen molar-refractivity contribution in [1.82, 2.24) is 0 Å². The molecule has 0 radical (unpaired) electrons. The Bertz CT molecular complexity index is 448. The van der Waals surface area contributed by atoms with Gasteiger partial charge in [-0.25, -0.2) is 0 Å². The molecule has 0 atom stereocenters. The third kappa shape index (κ3) is 2.09. The number of hydrogen-bond donors (Lipinski definition) is 1. The number of rotatable bonds is 3. The van der Waals surface area contributed by atoms with Gasteiger partial charge in [0.2, 0.25) is 0 Å². The van der Waals surface area contributed by atoms with Gasteiger partial charge in [-0.15, -0.1) is 0 Å². The summed E-state index contributed by atoms with van der Waals surface area (Å²) in [6.45, 7) is 3.98. The van der Waals surface area contributed by atoms with Crippen molar-refractivity contribution in [2.45, 2.75) is 0 Å². The molecule has 1 N–H and O–H groups in total. The fourth-order valence-electron chi connectivity index (χ4n) is 1.56. The van der Waals surface area contributed by atoms with Gasteiger partial charge in [0.15, 0.2) is 0 Å². The van der Waals surface area contributed by atoms with Gasteiger partial charge in [-0.05, 0) is 11.1 Å². The molecule has 0 fully saturated rings. The molecule has 0 aromatic heterocycles. The van der Waals surface area contributed by atoms with E-state index < -0.39 is 0 Å². The fourth-order valence-corrected chi connectivity index (χ4v) is 1.56. The second kappa shape index (κ2) is 4.58. The standard InChI is InChI=1S/C15H13N/c1-12(13-8-4-2-5-9-13)15(16)14-10-6-3-7-11-14/h2-11,16H,1H2. The fraction of sp³-hybridized carbons (Fsp3) is 0. The summed E-state index contributed by atoms with van der Waals surface area (Å²) in [6, 6.07) is 19.5. The molecule has 0 saturated heterocycles. The molecular weight excluding hydrogens is 194 g/mol. The van der Waals surface area contributed by atoms with Gasteiger partial charge >= 0.3 is 0 Å². The maximum Gasteiger partial charge on any atom is 0.0684 e. The summed E-state index contributed by atoms with van der Waals surface area (Å²) in [5.74, 6) is 0. The maximum atomic E-state index is 8.07. The van der Waals surface area contributed by atoms with Crippen LogP contribution >= 0.6 is 0 Å². The molecule has 0 aliphatic rings. The second-order valence-electron chi connectivity index (χ2n) is 3.59. The van der Waals surface area contributed by atoms with Crippen LogP contribution in [0.5, 0.6) is 0 Å². The van der Waals surface area contributed by atoms with Crippen molar-refractivity contribution < 1.29 is 0 Å². The van der Waals surface area contributed by atoms with E-state index in [2.05, 4.69) is 6.58 Å². The molecule has 0 bridgehead atoms. The number of nitrogens with one attached hydrogen (secondary N) is 1. The van der Waals surface area contributed by atoms with Crippen LogP contribution in [0.2, 0.25) is 0 Å². The Morgan fingerprint density at radius 3 is 1.69 bits per heavy atom. The Morgan fingerprint density at radius 2 is 1.19 bits per heavy atom. The molecule has 0 spiro atoms. The third-order valence-corrected chi connectivity index (χ3v) is 2.49. The average molecular weight is 207 g/mol. The van der Waals surface area contributed by atoms with Crippen molar-refractivity contribution in [1.29, 1.82) is 5.41 Å². The second-order valence-corrected chi connectivity index (χ2v) is 3.59. The van der Waals surface area contributed by atoms with Crippen molar-refractivity contribution in [3.05, 3.63) is 78.4 Å². The van der Waals surface area contributed by atoms with E-state index in [4.69, 9.17) is 5.41 Å². The summed E-state index contributed by atoms with van der Waals surface area (Å²) >= 11 is 0. The normalized spacial score (nSPS) is 9.75. The van der Waals surface area contributed by atoms with Gasteiger partial charge in [-0.1, -0.05) is 67.2 Å². The Hall–Kier alpha value is -2.15. The van der Waals surface area contributed by atoms with E-state index in [9.17, 15) is 0 Å². The van der Waals surface area contributed by atoms with Gasteiger partial charge in [0.1, 0.15) is 0 Å². The molecule has 0 aliphatic heterocycles. The SMILES string of the molecule is C=C(C(=N)c1ccccc1)c1ccccc1. The summed E-state index contributed by atoms with van der Waals surface area (Å²) in [6.07, 6.45) is 0. The molecule has 1 heteroatoms. The molecule has 0 heterocycles. The summed E-state index contributed by atoms with van der Waals surface area (Å²) in [5.41, 5.74) is 3.13. The summed E-state index contributed by atoms with van der Waals surface area (Å²) < 4.78 is 0. The summed E-state index contributed by atoms with van der Waals surface area (Å²) in [7, 11) is 0. The van der Waals surface area contributed by atoms with Gasteiger partial charge in [0.25, 0.3) is 0 Å². The van der Waals surface area contributed by atoms with Gasteiger partial charge < -0.3 is 0 Å². The van der Waals surface area contributed by atoms with Crippen molar-refractivity contribution in [2.24, 2.45) is 0 Å². The van der Waals surface area contributed by atoms with Crippen LogP contribution < -0.4 is 0 Å². The molecule has 0 amide bonds. The smallest absolute Gasteiger partial charge is 0.0684 e. The van der Waals surface area contributed by atoms with Crippen LogP contribution in [0.3, 0.4) is 0 Å². The van der Waals surface area contributed by atoms with Crippen molar-refractivity contribution in [3.63, 3.8) is 0 Å². The zero-order valence-corrected chi connectivity index (χ0v) is 8.98. The molecule has 0 aliphatic carbocycles. The van der Waals surface area contributed by atoms with E-state index in [0.29, 0.717) is 5.71 Å². The highest BCUT2D eigenvalue weighted by Gasteiger charge is 2.06. The van der Waals surface area contributed by atoms with E-state index in [1.54, 1.807) is 0 Å². The first-order valence-corrected chi connectivity index (χ1v) is 5.17. The number of allylic oxidation sites excluding steroid dienone is 1. The molecule has 1 nitrogen and oxygen atoms in total. The van der Waals surface area contributed by atoms with E-state index in [-0.39, 0.29) is 0 Å². The van der Waals surface area contributed by atoms with Crippen LogP contribution in [-0.2, 0) is 0 Å². The topological polar surface area (TPSA) is 23.9 Å². The Kier molecular flexibility index (Phi) is 2.97. The molecule has 78 valence electrons. The summed E-state index contributed by atoms with van der Waals surface area (Å²) in [4.78, 5) is 0. The zero-order valence-electron chi connectivity index (χ0n) is 8.98. The quantitative estimate of drug-likeness (QED) is 0.741. The first-order chi connectivity index (χ1) is 7.79. The Labute approximate surface area is 95.6 Å². The summed E-state index contributed by atoms with van der Waals surface area (Å²) in [5, 5.41) is 8.07. The molecule has 0 unspecified atom stereocenters. The maximum absolute atomic E-state index is 8.07. The van der Waals surface area contributed by atoms with Crippen molar-refractivity contribution in [2.75, 3.05) is 0 Å². The third-order valence-electron chi connectivity index (χ3n) is 2.49. The molecule has 2 aromatic rings. The first-order valence-electron chi connectivity index (χ1n) is 5.17. The van der Waals surface area contributed by atoms with Gasteiger partial charge in [-0.3, -0.25) is 5.41 Å². The Balaban J connectivity index is 2.28.